The second kappa shape index (κ2) is 6.08. The van der Waals surface area contributed by atoms with Gasteiger partial charge in [0.2, 0.25) is 0 Å². The van der Waals surface area contributed by atoms with Crippen LogP contribution in [0.3, 0.4) is 0 Å². The van der Waals surface area contributed by atoms with Crippen LogP contribution < -0.4 is 5.32 Å². The molecule has 1 rings (SSSR count). The summed E-state index contributed by atoms with van der Waals surface area (Å²) < 4.78 is 74.1. The third-order valence-electron chi connectivity index (χ3n) is 2.17. The summed E-state index contributed by atoms with van der Waals surface area (Å²) in [6.07, 6.45) is -10.7. The van der Waals surface area contributed by atoms with E-state index in [-0.39, 0.29) is 16.4 Å². The fourth-order valence-electron chi connectivity index (χ4n) is 1.34. The van der Waals surface area contributed by atoms with Gasteiger partial charge in [-0.1, -0.05) is 6.92 Å². The van der Waals surface area contributed by atoms with Crippen molar-refractivity contribution in [1.29, 1.82) is 0 Å². The van der Waals surface area contributed by atoms with Crippen molar-refractivity contribution in [3.05, 3.63) is 15.6 Å². The molecule has 9 heteroatoms. The maximum atomic E-state index is 12.7. The minimum Gasteiger partial charge on any atom is -0.312 e. The van der Waals surface area contributed by atoms with Crippen LogP contribution in [0.25, 0.3) is 0 Å². The summed E-state index contributed by atoms with van der Waals surface area (Å²) in [4.78, 5) is 3.21. The first-order valence-corrected chi connectivity index (χ1v) is 6.28. The topological polar surface area (TPSA) is 24.9 Å². The second-order valence-electron chi connectivity index (χ2n) is 3.77. The molecule has 0 atom stereocenters. The fourth-order valence-corrected chi connectivity index (χ4v) is 2.39. The zero-order valence-electron chi connectivity index (χ0n) is 9.95. The number of rotatable bonds is 5. The van der Waals surface area contributed by atoms with Gasteiger partial charge in [0.25, 0.3) is 0 Å². The van der Waals surface area contributed by atoms with Crippen molar-refractivity contribution in [3.8, 4) is 0 Å². The Balaban J connectivity index is 2.87. The molecule has 0 aliphatic rings. The van der Waals surface area contributed by atoms with Crippen LogP contribution in [0.1, 0.15) is 28.9 Å². The number of aryl methyl sites for hydroxylation is 1. The van der Waals surface area contributed by atoms with Gasteiger partial charge in [-0.25, -0.2) is 4.98 Å². The van der Waals surface area contributed by atoms with Crippen LogP contribution in [0.2, 0.25) is 0 Å². The standard InChI is InChI=1S/C10H12F6N2S/c1-2-17-5-6-8(10(14,15)16)18-7(19-6)3-4-9(11,12)13/h17H,2-5H2,1H3. The molecule has 0 bridgehead atoms. The highest BCUT2D eigenvalue weighted by Gasteiger charge is 2.37. The van der Waals surface area contributed by atoms with Gasteiger partial charge in [0.1, 0.15) is 0 Å². The Morgan fingerprint density at radius 3 is 2.26 bits per heavy atom. The van der Waals surface area contributed by atoms with Gasteiger partial charge < -0.3 is 5.32 Å². The normalized spacial score (nSPS) is 13.0. The predicted octanol–water partition coefficient (Wildman–Crippen LogP) is 3.77. The van der Waals surface area contributed by atoms with E-state index in [0.29, 0.717) is 17.9 Å². The van der Waals surface area contributed by atoms with Gasteiger partial charge in [-0.15, -0.1) is 11.3 Å². The second-order valence-corrected chi connectivity index (χ2v) is 4.94. The molecule has 1 aromatic heterocycles. The molecule has 0 aliphatic heterocycles. The maximum Gasteiger partial charge on any atom is 0.434 e. The van der Waals surface area contributed by atoms with Crippen molar-refractivity contribution < 1.29 is 26.3 Å². The third-order valence-corrected chi connectivity index (χ3v) is 3.28. The average Bonchev–Trinajstić information content (AvgIpc) is 2.65. The monoisotopic (exact) mass is 306 g/mol. The van der Waals surface area contributed by atoms with Crippen molar-refractivity contribution in [2.45, 2.75) is 38.7 Å². The Labute approximate surface area is 109 Å². The summed E-state index contributed by atoms with van der Waals surface area (Å²) in [6.45, 7) is 2.14. The molecule has 2 nitrogen and oxygen atoms in total. The molecule has 1 heterocycles. The molecule has 110 valence electrons. The molecular formula is C10H12F6N2S. The number of hydrogen-bond donors (Lipinski definition) is 1. The summed E-state index contributed by atoms with van der Waals surface area (Å²) in [7, 11) is 0. The number of halogens is 6. The van der Waals surface area contributed by atoms with Crippen LogP contribution in [0.15, 0.2) is 0 Å². The summed E-state index contributed by atoms with van der Waals surface area (Å²) in [5.41, 5.74) is -1.09. The van der Waals surface area contributed by atoms with E-state index < -0.39 is 30.9 Å². The minimum absolute atomic E-state index is 0.0466. The minimum atomic E-state index is -4.64. The van der Waals surface area contributed by atoms with E-state index in [1.807, 2.05) is 0 Å². The van der Waals surface area contributed by atoms with Gasteiger partial charge in [0.05, 0.1) is 9.88 Å². The van der Waals surface area contributed by atoms with Gasteiger partial charge >= 0.3 is 12.4 Å². The highest BCUT2D eigenvalue weighted by atomic mass is 32.1. The quantitative estimate of drug-likeness (QED) is 0.838. The van der Waals surface area contributed by atoms with E-state index in [1.54, 1.807) is 6.92 Å². The lowest BCUT2D eigenvalue weighted by Gasteiger charge is -2.05. The van der Waals surface area contributed by atoms with Crippen molar-refractivity contribution in [3.63, 3.8) is 0 Å². The van der Waals surface area contributed by atoms with Crippen molar-refractivity contribution in [1.82, 2.24) is 10.3 Å². The van der Waals surface area contributed by atoms with E-state index >= 15 is 0 Å². The van der Waals surface area contributed by atoms with E-state index in [9.17, 15) is 26.3 Å². The molecule has 0 aliphatic carbocycles. The average molecular weight is 306 g/mol. The van der Waals surface area contributed by atoms with E-state index in [1.165, 1.54) is 0 Å². The summed E-state index contributed by atoms with van der Waals surface area (Å²) >= 11 is 0.673. The molecule has 1 N–H and O–H groups in total. The molecule has 0 saturated carbocycles. The maximum absolute atomic E-state index is 12.7. The lowest BCUT2D eigenvalue weighted by molar-refractivity contribution is -0.141. The van der Waals surface area contributed by atoms with E-state index in [2.05, 4.69) is 10.3 Å². The SMILES string of the molecule is CCNCc1sc(CCC(F)(F)F)nc1C(F)(F)F. The smallest absolute Gasteiger partial charge is 0.312 e. The van der Waals surface area contributed by atoms with Gasteiger partial charge in [0.15, 0.2) is 5.69 Å². The number of nitrogens with one attached hydrogen (secondary N) is 1. The van der Waals surface area contributed by atoms with Crippen LogP contribution in [0, 0.1) is 0 Å². The van der Waals surface area contributed by atoms with Gasteiger partial charge in [-0.05, 0) is 6.54 Å². The number of alkyl halides is 6. The lowest BCUT2D eigenvalue weighted by atomic mass is 10.3. The van der Waals surface area contributed by atoms with Gasteiger partial charge in [-0.2, -0.15) is 26.3 Å². The number of thiazole rings is 1. The molecule has 0 fully saturated rings. The number of hydrogen-bond acceptors (Lipinski definition) is 3. The van der Waals surface area contributed by atoms with Crippen molar-refractivity contribution in [2.75, 3.05) is 6.54 Å². The first-order chi connectivity index (χ1) is 8.63. The van der Waals surface area contributed by atoms with Crippen LogP contribution >= 0.6 is 11.3 Å². The van der Waals surface area contributed by atoms with Gasteiger partial charge in [0, 0.05) is 19.4 Å². The molecule has 1 aromatic rings. The first kappa shape index (κ1) is 16.2. The summed E-state index contributed by atoms with van der Waals surface area (Å²) in [5, 5.41) is 2.57. The highest BCUT2D eigenvalue weighted by molar-refractivity contribution is 7.11. The molecule has 0 saturated heterocycles. The number of aromatic nitrogens is 1. The number of nitrogens with zero attached hydrogens (tertiary/aromatic N) is 1. The van der Waals surface area contributed by atoms with Crippen LogP contribution in [0.4, 0.5) is 26.3 Å². The molecule has 0 unspecified atom stereocenters. The summed E-state index contributed by atoms with van der Waals surface area (Å²) in [5.74, 6) is 0. The Hall–Kier alpha value is -0.830. The Kier molecular flexibility index (Phi) is 5.19. The van der Waals surface area contributed by atoms with Crippen molar-refractivity contribution in [2.24, 2.45) is 0 Å². The Morgan fingerprint density at radius 2 is 1.79 bits per heavy atom. The zero-order chi connectivity index (χ0) is 14.7. The van der Waals surface area contributed by atoms with Crippen LogP contribution in [-0.2, 0) is 19.1 Å². The Bertz CT molecular complexity index is 409. The lowest BCUT2D eigenvalue weighted by Crippen LogP contribution is -2.15. The van der Waals surface area contributed by atoms with E-state index in [0.717, 1.165) is 0 Å². The van der Waals surface area contributed by atoms with Crippen molar-refractivity contribution >= 4 is 11.3 Å². The largest absolute Gasteiger partial charge is 0.434 e. The van der Waals surface area contributed by atoms with Gasteiger partial charge in [-0.3, -0.25) is 0 Å². The fraction of sp³-hybridized carbons (Fsp3) is 0.700. The van der Waals surface area contributed by atoms with E-state index in [4.69, 9.17) is 0 Å². The molecule has 19 heavy (non-hydrogen) atoms. The van der Waals surface area contributed by atoms with Crippen LogP contribution in [-0.4, -0.2) is 17.7 Å². The molecular weight excluding hydrogens is 294 g/mol. The molecule has 0 radical (unpaired) electrons. The summed E-state index contributed by atoms with van der Waals surface area (Å²) in [6, 6.07) is 0. The molecule has 0 spiro atoms. The molecule has 0 amide bonds. The first-order valence-electron chi connectivity index (χ1n) is 5.46. The van der Waals surface area contributed by atoms with Crippen LogP contribution in [0.5, 0.6) is 0 Å². The highest BCUT2D eigenvalue weighted by Crippen LogP contribution is 2.35. The Morgan fingerprint density at radius 1 is 1.16 bits per heavy atom. The zero-order valence-corrected chi connectivity index (χ0v) is 10.8. The molecule has 0 aromatic carbocycles. The predicted molar refractivity (Wildman–Crippen MR) is 58.9 cm³/mol. The third kappa shape index (κ3) is 5.35.